The van der Waals surface area contributed by atoms with E-state index < -0.39 is 34.0 Å². The molecule has 0 saturated carbocycles. The van der Waals surface area contributed by atoms with Gasteiger partial charge in [0.25, 0.3) is 0 Å². The Balaban J connectivity index is 1.94. The first-order valence-corrected chi connectivity index (χ1v) is 11.2. The third-order valence-electron chi connectivity index (χ3n) is 4.65. The van der Waals surface area contributed by atoms with Crippen molar-refractivity contribution in [3.8, 4) is 0 Å². The summed E-state index contributed by atoms with van der Waals surface area (Å²) in [4.78, 5) is 36.0. The Morgan fingerprint density at radius 1 is 1.16 bits per heavy atom. The zero-order chi connectivity index (χ0) is 23.2. The summed E-state index contributed by atoms with van der Waals surface area (Å²) in [6.07, 6.45) is -0.228. The molecule has 1 aromatic rings. The highest BCUT2D eigenvalue weighted by atomic mass is 32.2. The molecule has 0 unspecified atom stereocenters. The SMILES string of the molecule is CCOC(=O)C1=C(COC(=O)CCNS(=O)(=O)c2ccc(C)c(C)c2)NC(=O)N[C@H]1C. The molecule has 1 atom stereocenters. The van der Waals surface area contributed by atoms with Crippen LogP contribution in [0.15, 0.2) is 34.4 Å². The minimum Gasteiger partial charge on any atom is -0.463 e. The van der Waals surface area contributed by atoms with Gasteiger partial charge in [0.1, 0.15) is 6.61 Å². The fourth-order valence-corrected chi connectivity index (χ4v) is 3.99. The fraction of sp³-hybridized carbons (Fsp3) is 0.450. The van der Waals surface area contributed by atoms with E-state index in [1.807, 2.05) is 13.8 Å². The largest absolute Gasteiger partial charge is 0.463 e. The predicted octanol–water partition coefficient (Wildman–Crippen LogP) is 1.03. The van der Waals surface area contributed by atoms with E-state index in [9.17, 15) is 22.8 Å². The first-order valence-electron chi connectivity index (χ1n) is 9.75. The van der Waals surface area contributed by atoms with Crippen LogP contribution in [0.25, 0.3) is 0 Å². The van der Waals surface area contributed by atoms with Crippen LogP contribution in [0.1, 0.15) is 31.4 Å². The number of hydrogen-bond donors (Lipinski definition) is 3. The molecular weight excluding hydrogens is 426 g/mol. The lowest BCUT2D eigenvalue weighted by molar-refractivity contribution is -0.143. The van der Waals surface area contributed by atoms with Crippen LogP contribution in [-0.2, 0) is 29.1 Å². The summed E-state index contributed by atoms with van der Waals surface area (Å²) in [7, 11) is -3.77. The van der Waals surface area contributed by atoms with Crippen LogP contribution in [0.4, 0.5) is 4.79 Å². The molecule has 31 heavy (non-hydrogen) atoms. The maximum absolute atomic E-state index is 12.4. The van der Waals surface area contributed by atoms with Gasteiger partial charge in [-0.2, -0.15) is 0 Å². The molecular formula is C20H27N3O7S. The standard InChI is InChI=1S/C20H27N3O7S/c1-5-29-19(25)18-14(4)22-20(26)23-16(18)11-30-17(24)8-9-21-31(27,28)15-7-6-12(2)13(3)10-15/h6-7,10,14,21H,5,8-9,11H2,1-4H3,(H2,22,23,26)/t14-/m0/s1. The molecule has 1 aliphatic rings. The van der Waals surface area contributed by atoms with Crippen molar-refractivity contribution in [2.24, 2.45) is 0 Å². The number of hydrogen-bond acceptors (Lipinski definition) is 7. The number of aryl methyl sites for hydroxylation is 2. The monoisotopic (exact) mass is 453 g/mol. The van der Waals surface area contributed by atoms with E-state index in [1.165, 1.54) is 6.07 Å². The highest BCUT2D eigenvalue weighted by Gasteiger charge is 2.30. The second kappa shape index (κ2) is 10.4. The molecule has 1 heterocycles. The Kier molecular flexibility index (Phi) is 8.17. The second-order valence-electron chi connectivity index (χ2n) is 6.99. The Bertz CT molecular complexity index is 1000. The first kappa shape index (κ1) is 24.4. The quantitative estimate of drug-likeness (QED) is 0.475. The van der Waals surface area contributed by atoms with Gasteiger partial charge in [-0.3, -0.25) is 4.79 Å². The van der Waals surface area contributed by atoms with Crippen LogP contribution >= 0.6 is 0 Å². The van der Waals surface area contributed by atoms with Gasteiger partial charge in [0.15, 0.2) is 0 Å². The van der Waals surface area contributed by atoms with Crippen LogP contribution in [0.3, 0.4) is 0 Å². The number of nitrogens with one attached hydrogen (secondary N) is 3. The number of sulfonamides is 1. The highest BCUT2D eigenvalue weighted by Crippen LogP contribution is 2.16. The van der Waals surface area contributed by atoms with Gasteiger partial charge in [-0.15, -0.1) is 0 Å². The zero-order valence-corrected chi connectivity index (χ0v) is 18.7. The van der Waals surface area contributed by atoms with Gasteiger partial charge >= 0.3 is 18.0 Å². The van der Waals surface area contributed by atoms with Gasteiger partial charge in [-0.05, 0) is 51.0 Å². The molecule has 2 amide bonds. The van der Waals surface area contributed by atoms with E-state index >= 15 is 0 Å². The van der Waals surface area contributed by atoms with Crippen LogP contribution in [0, 0.1) is 13.8 Å². The Morgan fingerprint density at radius 2 is 1.87 bits per heavy atom. The average Bonchev–Trinajstić information content (AvgIpc) is 2.67. The highest BCUT2D eigenvalue weighted by molar-refractivity contribution is 7.89. The van der Waals surface area contributed by atoms with Crippen molar-refractivity contribution in [2.45, 2.75) is 45.1 Å². The van der Waals surface area contributed by atoms with E-state index in [1.54, 1.807) is 26.0 Å². The molecule has 3 N–H and O–H groups in total. The van der Waals surface area contributed by atoms with Gasteiger partial charge in [-0.1, -0.05) is 6.07 Å². The molecule has 0 radical (unpaired) electrons. The lowest BCUT2D eigenvalue weighted by atomic mass is 10.0. The molecule has 1 aromatic carbocycles. The lowest BCUT2D eigenvalue weighted by Gasteiger charge is -2.26. The maximum atomic E-state index is 12.4. The lowest BCUT2D eigenvalue weighted by Crippen LogP contribution is -2.50. The summed E-state index contributed by atoms with van der Waals surface area (Å²) in [6.45, 7) is 6.58. The predicted molar refractivity (Wildman–Crippen MR) is 111 cm³/mol. The molecule has 10 nitrogen and oxygen atoms in total. The van der Waals surface area contributed by atoms with Crippen LogP contribution in [-0.4, -0.2) is 52.2 Å². The van der Waals surface area contributed by atoms with E-state index in [2.05, 4.69) is 15.4 Å². The minimum absolute atomic E-state index is 0.111. The number of carbonyl (C=O) groups excluding carboxylic acids is 3. The van der Waals surface area contributed by atoms with Crippen molar-refractivity contribution >= 4 is 28.0 Å². The third kappa shape index (κ3) is 6.53. The number of ether oxygens (including phenoxy) is 2. The molecule has 2 rings (SSSR count). The molecule has 0 fully saturated rings. The molecule has 170 valence electrons. The average molecular weight is 454 g/mol. The van der Waals surface area contributed by atoms with E-state index in [4.69, 9.17) is 9.47 Å². The summed E-state index contributed by atoms with van der Waals surface area (Å²) < 4.78 is 37.2. The Morgan fingerprint density at radius 3 is 2.52 bits per heavy atom. The molecule has 0 spiro atoms. The number of urea groups is 1. The topological polar surface area (TPSA) is 140 Å². The van der Waals surface area contributed by atoms with Crippen LogP contribution < -0.4 is 15.4 Å². The molecule has 0 aliphatic carbocycles. The van der Waals surface area contributed by atoms with Crippen LogP contribution in [0.5, 0.6) is 0 Å². The number of benzene rings is 1. The van der Waals surface area contributed by atoms with E-state index in [-0.39, 0.29) is 42.3 Å². The Labute approximate surface area is 181 Å². The van der Waals surface area contributed by atoms with Gasteiger partial charge in [-0.25, -0.2) is 22.7 Å². The van der Waals surface area contributed by atoms with Crippen molar-refractivity contribution in [1.82, 2.24) is 15.4 Å². The van der Waals surface area contributed by atoms with Gasteiger partial charge in [0.05, 0.1) is 35.2 Å². The molecule has 0 aromatic heterocycles. The maximum Gasteiger partial charge on any atom is 0.338 e. The van der Waals surface area contributed by atoms with Crippen molar-refractivity contribution < 1.29 is 32.3 Å². The fourth-order valence-electron chi connectivity index (χ4n) is 2.87. The van der Waals surface area contributed by atoms with Crippen molar-refractivity contribution in [3.05, 3.63) is 40.6 Å². The number of esters is 2. The van der Waals surface area contributed by atoms with Crippen LogP contribution in [0.2, 0.25) is 0 Å². The summed E-state index contributed by atoms with van der Waals surface area (Å²) in [5.74, 6) is -1.33. The third-order valence-corrected chi connectivity index (χ3v) is 6.11. The molecule has 0 saturated heterocycles. The van der Waals surface area contributed by atoms with Crippen molar-refractivity contribution in [2.75, 3.05) is 19.8 Å². The Hall–Kier alpha value is -2.92. The summed E-state index contributed by atoms with van der Waals surface area (Å²) in [5.41, 5.74) is 2.09. The first-order chi connectivity index (χ1) is 14.5. The van der Waals surface area contributed by atoms with Crippen molar-refractivity contribution in [1.29, 1.82) is 0 Å². The number of rotatable bonds is 9. The number of amides is 2. The van der Waals surface area contributed by atoms with E-state index in [0.29, 0.717) is 0 Å². The summed E-state index contributed by atoms with van der Waals surface area (Å²) in [5, 5.41) is 4.98. The van der Waals surface area contributed by atoms with Crippen molar-refractivity contribution in [3.63, 3.8) is 0 Å². The normalized spacial score (nSPS) is 16.4. The van der Waals surface area contributed by atoms with Gasteiger partial charge in [0, 0.05) is 6.54 Å². The summed E-state index contributed by atoms with van der Waals surface area (Å²) in [6, 6.07) is 3.61. The minimum atomic E-state index is -3.77. The van der Waals surface area contributed by atoms with E-state index in [0.717, 1.165) is 11.1 Å². The zero-order valence-electron chi connectivity index (χ0n) is 17.9. The van der Waals surface area contributed by atoms with Gasteiger partial charge in [0.2, 0.25) is 10.0 Å². The summed E-state index contributed by atoms with van der Waals surface area (Å²) >= 11 is 0. The van der Waals surface area contributed by atoms with Gasteiger partial charge < -0.3 is 20.1 Å². The molecule has 0 bridgehead atoms. The smallest absolute Gasteiger partial charge is 0.338 e. The number of carbonyl (C=O) groups is 3. The molecule has 11 heteroatoms. The second-order valence-corrected chi connectivity index (χ2v) is 8.75. The molecule has 1 aliphatic heterocycles.